The summed E-state index contributed by atoms with van der Waals surface area (Å²) < 4.78 is 0. The summed E-state index contributed by atoms with van der Waals surface area (Å²) >= 11 is 5.58. The Bertz CT molecular complexity index is 393. The standard InChI is InChI=1S/C12H15ClN2O2/c1-3-15(10-7-5-4-6-8-10)12(17)14-11(16)9(2)13/h4-9H,3H2,1-2H3,(H,14,16,17). The van der Waals surface area contributed by atoms with Crippen LogP contribution in [0.1, 0.15) is 13.8 Å². The van der Waals surface area contributed by atoms with Crippen LogP contribution in [0.4, 0.5) is 10.5 Å². The first-order valence-corrected chi connectivity index (χ1v) is 5.81. The Morgan fingerprint density at radius 2 is 1.94 bits per heavy atom. The third-order valence-electron chi connectivity index (χ3n) is 2.22. The molecular weight excluding hydrogens is 240 g/mol. The first-order valence-electron chi connectivity index (χ1n) is 5.37. The maximum Gasteiger partial charge on any atom is 0.328 e. The molecule has 0 bridgehead atoms. The number of rotatable bonds is 3. The number of nitrogens with one attached hydrogen (secondary N) is 1. The van der Waals surface area contributed by atoms with Gasteiger partial charge in [0, 0.05) is 12.2 Å². The van der Waals surface area contributed by atoms with Gasteiger partial charge in [0.1, 0.15) is 5.38 Å². The summed E-state index contributed by atoms with van der Waals surface area (Å²) in [5, 5.41) is 1.52. The third kappa shape index (κ3) is 3.75. The molecule has 0 heterocycles. The van der Waals surface area contributed by atoms with Crippen molar-refractivity contribution in [2.45, 2.75) is 19.2 Å². The molecule has 1 unspecified atom stereocenters. The molecule has 1 aromatic carbocycles. The predicted octanol–water partition coefficient (Wildman–Crippen LogP) is 2.38. The van der Waals surface area contributed by atoms with Crippen LogP contribution in [0.5, 0.6) is 0 Å². The Morgan fingerprint density at radius 1 is 1.35 bits per heavy atom. The van der Waals surface area contributed by atoms with Gasteiger partial charge in [-0.3, -0.25) is 15.0 Å². The number of benzene rings is 1. The first kappa shape index (κ1) is 13.5. The molecule has 0 radical (unpaired) electrons. The number of amides is 3. The SMILES string of the molecule is CCN(C(=O)NC(=O)C(C)Cl)c1ccccc1. The van der Waals surface area contributed by atoms with Crippen LogP contribution in [0.3, 0.4) is 0 Å². The summed E-state index contributed by atoms with van der Waals surface area (Å²) in [7, 11) is 0. The molecule has 1 N–H and O–H groups in total. The molecule has 3 amide bonds. The molecular formula is C12H15ClN2O2. The number of urea groups is 1. The molecule has 1 atom stereocenters. The van der Waals surface area contributed by atoms with Crippen LogP contribution < -0.4 is 10.2 Å². The Kier molecular flexibility index (Phi) is 4.97. The van der Waals surface area contributed by atoms with Crippen molar-refractivity contribution >= 4 is 29.2 Å². The molecule has 0 spiro atoms. The van der Waals surface area contributed by atoms with E-state index in [2.05, 4.69) is 5.32 Å². The van der Waals surface area contributed by atoms with E-state index in [1.165, 1.54) is 11.8 Å². The highest BCUT2D eigenvalue weighted by molar-refractivity contribution is 6.31. The number of imide groups is 1. The predicted molar refractivity (Wildman–Crippen MR) is 68.3 cm³/mol. The molecule has 1 rings (SSSR count). The van der Waals surface area contributed by atoms with Gasteiger partial charge in [-0.1, -0.05) is 18.2 Å². The fraction of sp³-hybridized carbons (Fsp3) is 0.333. The molecule has 4 nitrogen and oxygen atoms in total. The number of carbonyl (C=O) groups is 2. The van der Waals surface area contributed by atoms with E-state index in [0.29, 0.717) is 6.54 Å². The Balaban J connectivity index is 2.75. The molecule has 0 aromatic heterocycles. The minimum absolute atomic E-state index is 0.462. The lowest BCUT2D eigenvalue weighted by Gasteiger charge is -2.21. The zero-order valence-electron chi connectivity index (χ0n) is 9.81. The first-order chi connectivity index (χ1) is 8.06. The molecule has 0 aliphatic carbocycles. The number of anilines is 1. The topological polar surface area (TPSA) is 49.4 Å². The van der Waals surface area contributed by atoms with Crippen molar-refractivity contribution in [2.24, 2.45) is 0 Å². The van der Waals surface area contributed by atoms with Crippen LogP contribution in [0, 0.1) is 0 Å². The number of alkyl halides is 1. The van der Waals surface area contributed by atoms with Gasteiger partial charge in [0.15, 0.2) is 0 Å². The minimum Gasteiger partial charge on any atom is -0.294 e. The Morgan fingerprint density at radius 3 is 2.41 bits per heavy atom. The molecule has 0 saturated carbocycles. The fourth-order valence-electron chi connectivity index (χ4n) is 1.32. The second-order valence-electron chi connectivity index (χ2n) is 3.49. The molecule has 0 aliphatic heterocycles. The van der Waals surface area contributed by atoms with E-state index >= 15 is 0 Å². The summed E-state index contributed by atoms with van der Waals surface area (Å²) in [5.41, 5.74) is 0.738. The van der Waals surface area contributed by atoms with E-state index in [0.717, 1.165) is 5.69 Å². The molecule has 92 valence electrons. The van der Waals surface area contributed by atoms with Crippen molar-refractivity contribution in [3.8, 4) is 0 Å². The summed E-state index contributed by atoms with van der Waals surface area (Å²) in [6, 6.07) is 8.67. The third-order valence-corrected chi connectivity index (χ3v) is 2.42. The van der Waals surface area contributed by atoms with Gasteiger partial charge >= 0.3 is 6.03 Å². The van der Waals surface area contributed by atoms with Crippen LogP contribution in [0.2, 0.25) is 0 Å². The number of carbonyl (C=O) groups excluding carboxylic acids is 2. The summed E-state index contributed by atoms with van der Waals surface area (Å²) in [6.07, 6.45) is 0. The van der Waals surface area contributed by atoms with E-state index in [1.54, 1.807) is 12.1 Å². The van der Waals surface area contributed by atoms with Gasteiger partial charge in [-0.15, -0.1) is 11.6 Å². The summed E-state index contributed by atoms with van der Waals surface area (Å²) in [5.74, 6) is -0.494. The molecule has 0 saturated heterocycles. The van der Waals surface area contributed by atoms with Crippen LogP contribution >= 0.6 is 11.6 Å². The van der Waals surface area contributed by atoms with Crippen LogP contribution in [-0.4, -0.2) is 23.9 Å². The van der Waals surface area contributed by atoms with Gasteiger partial charge in [-0.05, 0) is 26.0 Å². The van der Waals surface area contributed by atoms with Crippen LogP contribution in [0.25, 0.3) is 0 Å². The van der Waals surface area contributed by atoms with E-state index < -0.39 is 17.3 Å². The Hall–Kier alpha value is -1.55. The average molecular weight is 255 g/mol. The quantitative estimate of drug-likeness (QED) is 0.842. The lowest BCUT2D eigenvalue weighted by molar-refractivity contribution is -0.119. The monoisotopic (exact) mass is 254 g/mol. The highest BCUT2D eigenvalue weighted by Gasteiger charge is 2.18. The number of nitrogens with zero attached hydrogens (tertiary/aromatic N) is 1. The molecule has 1 aromatic rings. The van der Waals surface area contributed by atoms with Gasteiger partial charge < -0.3 is 0 Å². The molecule has 17 heavy (non-hydrogen) atoms. The lowest BCUT2D eigenvalue weighted by atomic mass is 10.3. The van der Waals surface area contributed by atoms with E-state index in [-0.39, 0.29) is 0 Å². The fourth-order valence-corrected chi connectivity index (χ4v) is 1.38. The highest BCUT2D eigenvalue weighted by Crippen LogP contribution is 2.12. The Labute approximate surface area is 106 Å². The number of para-hydroxylation sites is 1. The summed E-state index contributed by atoms with van der Waals surface area (Å²) in [4.78, 5) is 24.6. The van der Waals surface area contributed by atoms with Gasteiger partial charge in [-0.25, -0.2) is 4.79 Å². The average Bonchev–Trinajstić information content (AvgIpc) is 2.31. The largest absolute Gasteiger partial charge is 0.328 e. The van der Waals surface area contributed by atoms with Gasteiger partial charge in [-0.2, -0.15) is 0 Å². The van der Waals surface area contributed by atoms with Crippen molar-refractivity contribution in [1.82, 2.24) is 5.32 Å². The van der Waals surface area contributed by atoms with E-state index in [9.17, 15) is 9.59 Å². The molecule has 0 aliphatic rings. The van der Waals surface area contributed by atoms with Crippen molar-refractivity contribution < 1.29 is 9.59 Å². The van der Waals surface area contributed by atoms with Crippen molar-refractivity contribution in [3.63, 3.8) is 0 Å². The maximum atomic E-state index is 11.8. The molecule has 0 fully saturated rings. The van der Waals surface area contributed by atoms with E-state index in [4.69, 9.17) is 11.6 Å². The number of halogens is 1. The molecule has 5 heteroatoms. The summed E-state index contributed by atoms with van der Waals surface area (Å²) in [6.45, 7) is 3.82. The normalized spacial score (nSPS) is 11.7. The van der Waals surface area contributed by atoms with Crippen molar-refractivity contribution in [2.75, 3.05) is 11.4 Å². The van der Waals surface area contributed by atoms with Gasteiger partial charge in [0.05, 0.1) is 0 Å². The van der Waals surface area contributed by atoms with Crippen molar-refractivity contribution in [1.29, 1.82) is 0 Å². The highest BCUT2D eigenvalue weighted by atomic mass is 35.5. The van der Waals surface area contributed by atoms with Crippen LogP contribution in [0.15, 0.2) is 30.3 Å². The number of hydrogen-bond donors (Lipinski definition) is 1. The van der Waals surface area contributed by atoms with Gasteiger partial charge in [0.25, 0.3) is 0 Å². The zero-order valence-corrected chi connectivity index (χ0v) is 10.6. The second kappa shape index (κ2) is 6.25. The van der Waals surface area contributed by atoms with Crippen LogP contribution in [-0.2, 0) is 4.79 Å². The zero-order chi connectivity index (χ0) is 12.8. The van der Waals surface area contributed by atoms with Crippen molar-refractivity contribution in [3.05, 3.63) is 30.3 Å². The lowest BCUT2D eigenvalue weighted by Crippen LogP contribution is -2.45. The number of hydrogen-bond acceptors (Lipinski definition) is 2. The maximum absolute atomic E-state index is 11.8. The van der Waals surface area contributed by atoms with E-state index in [1.807, 2.05) is 25.1 Å². The smallest absolute Gasteiger partial charge is 0.294 e. The van der Waals surface area contributed by atoms with Gasteiger partial charge in [0.2, 0.25) is 5.91 Å². The minimum atomic E-state index is -0.728. The second-order valence-corrected chi connectivity index (χ2v) is 4.14.